The summed E-state index contributed by atoms with van der Waals surface area (Å²) in [5, 5.41) is 2.99. The van der Waals surface area contributed by atoms with E-state index in [4.69, 9.17) is 0 Å². The Kier molecular flexibility index (Phi) is 6.00. The highest BCUT2D eigenvalue weighted by molar-refractivity contribution is 7.89. The van der Waals surface area contributed by atoms with Crippen molar-refractivity contribution in [3.63, 3.8) is 0 Å². The number of nitrogens with zero attached hydrogens (tertiary/aromatic N) is 2. The van der Waals surface area contributed by atoms with Gasteiger partial charge in [0, 0.05) is 13.1 Å². The largest absolute Gasteiger partial charge is 0.354 e. The molecule has 7 heteroatoms. The summed E-state index contributed by atoms with van der Waals surface area (Å²) in [6, 6.07) is 0. The first-order chi connectivity index (χ1) is 8.60. The molecule has 2 N–H and O–H groups in total. The van der Waals surface area contributed by atoms with E-state index in [0.29, 0.717) is 12.5 Å². The van der Waals surface area contributed by atoms with Gasteiger partial charge in [-0.1, -0.05) is 20.3 Å². The van der Waals surface area contributed by atoms with Crippen LogP contribution < -0.4 is 10.0 Å². The molecule has 6 nitrogen and oxygen atoms in total. The smallest absolute Gasteiger partial charge is 0.243 e. The van der Waals surface area contributed by atoms with E-state index in [2.05, 4.69) is 20.0 Å². The number of anilines is 1. The zero-order chi connectivity index (χ0) is 13.4. The minimum absolute atomic E-state index is 0.0978. The Balaban J connectivity index is 2.65. The van der Waals surface area contributed by atoms with Crippen LogP contribution in [0, 0.1) is 0 Å². The van der Waals surface area contributed by atoms with Gasteiger partial charge in [0.05, 0.1) is 12.4 Å². The van der Waals surface area contributed by atoms with E-state index in [1.54, 1.807) is 0 Å². The molecular formula is C11H20N4O2S. The molecule has 0 fully saturated rings. The van der Waals surface area contributed by atoms with Crippen molar-refractivity contribution < 1.29 is 8.42 Å². The normalized spacial score (nSPS) is 11.4. The Morgan fingerprint density at radius 1 is 1.11 bits per heavy atom. The molecule has 0 saturated heterocycles. The third kappa shape index (κ3) is 4.58. The first-order valence-electron chi connectivity index (χ1n) is 6.15. The summed E-state index contributed by atoms with van der Waals surface area (Å²) in [5.41, 5.74) is 0. The molecular weight excluding hydrogens is 252 g/mol. The van der Waals surface area contributed by atoms with Crippen molar-refractivity contribution in [2.45, 2.75) is 38.0 Å². The van der Waals surface area contributed by atoms with Crippen LogP contribution in [-0.2, 0) is 10.0 Å². The lowest BCUT2D eigenvalue weighted by Crippen LogP contribution is -2.25. The van der Waals surface area contributed by atoms with Crippen molar-refractivity contribution in [1.82, 2.24) is 14.7 Å². The Morgan fingerprint density at radius 2 is 1.78 bits per heavy atom. The number of hydrogen-bond donors (Lipinski definition) is 2. The van der Waals surface area contributed by atoms with E-state index in [1.807, 2.05) is 13.8 Å². The van der Waals surface area contributed by atoms with Gasteiger partial charge < -0.3 is 5.32 Å². The molecule has 0 saturated carbocycles. The first-order valence-corrected chi connectivity index (χ1v) is 7.64. The number of unbranched alkanes of at least 4 members (excludes halogenated alkanes) is 1. The van der Waals surface area contributed by atoms with Gasteiger partial charge in [-0.25, -0.2) is 23.1 Å². The summed E-state index contributed by atoms with van der Waals surface area (Å²) in [4.78, 5) is 8.04. The maximum absolute atomic E-state index is 11.8. The molecule has 0 aliphatic rings. The summed E-state index contributed by atoms with van der Waals surface area (Å²) < 4.78 is 26.2. The molecule has 0 bridgehead atoms. The number of sulfonamides is 1. The molecule has 102 valence electrons. The number of aromatic nitrogens is 2. The second kappa shape index (κ2) is 7.27. The number of rotatable bonds is 8. The third-order valence-electron chi connectivity index (χ3n) is 2.29. The van der Waals surface area contributed by atoms with E-state index in [0.717, 1.165) is 25.8 Å². The zero-order valence-corrected chi connectivity index (χ0v) is 11.6. The van der Waals surface area contributed by atoms with Crippen LogP contribution in [-0.4, -0.2) is 31.5 Å². The van der Waals surface area contributed by atoms with Gasteiger partial charge in [0.2, 0.25) is 16.0 Å². The van der Waals surface area contributed by atoms with Gasteiger partial charge in [0.1, 0.15) is 4.90 Å². The van der Waals surface area contributed by atoms with Crippen molar-refractivity contribution in [3.05, 3.63) is 12.4 Å². The fourth-order valence-electron chi connectivity index (χ4n) is 1.25. The zero-order valence-electron chi connectivity index (χ0n) is 10.8. The van der Waals surface area contributed by atoms with Gasteiger partial charge in [0.25, 0.3) is 0 Å². The molecule has 1 aromatic rings. The summed E-state index contributed by atoms with van der Waals surface area (Å²) in [6.45, 7) is 5.24. The van der Waals surface area contributed by atoms with E-state index in [1.165, 1.54) is 12.4 Å². The summed E-state index contributed by atoms with van der Waals surface area (Å²) in [7, 11) is -3.47. The Bertz CT molecular complexity index is 445. The van der Waals surface area contributed by atoms with Crippen LogP contribution in [0.15, 0.2) is 17.3 Å². The predicted molar refractivity (Wildman–Crippen MR) is 70.9 cm³/mol. The Hall–Kier alpha value is -1.21. The lowest BCUT2D eigenvalue weighted by molar-refractivity contribution is 0.577. The van der Waals surface area contributed by atoms with E-state index in [-0.39, 0.29) is 4.90 Å². The molecule has 0 unspecified atom stereocenters. The van der Waals surface area contributed by atoms with Crippen LogP contribution in [0.4, 0.5) is 5.95 Å². The molecule has 0 aliphatic heterocycles. The van der Waals surface area contributed by atoms with E-state index < -0.39 is 10.0 Å². The first kappa shape index (κ1) is 14.8. The maximum Gasteiger partial charge on any atom is 0.243 e. The summed E-state index contributed by atoms with van der Waals surface area (Å²) >= 11 is 0. The van der Waals surface area contributed by atoms with Crippen LogP contribution in [0.3, 0.4) is 0 Å². The lowest BCUT2D eigenvalue weighted by atomic mass is 10.3. The van der Waals surface area contributed by atoms with Crippen LogP contribution >= 0.6 is 0 Å². The Labute approximate surface area is 108 Å². The van der Waals surface area contributed by atoms with Crippen molar-refractivity contribution in [1.29, 1.82) is 0 Å². The van der Waals surface area contributed by atoms with Gasteiger partial charge in [-0.05, 0) is 12.8 Å². The molecule has 1 rings (SSSR count). The fourth-order valence-corrected chi connectivity index (χ4v) is 2.21. The van der Waals surface area contributed by atoms with Gasteiger partial charge >= 0.3 is 0 Å². The standard InChI is InChI=1S/C11H20N4O2S/c1-3-5-7-15-18(16,17)10-8-13-11(14-9-10)12-6-4-2/h8-9,15H,3-7H2,1-2H3,(H,12,13,14). The van der Waals surface area contributed by atoms with Crippen LogP contribution in [0.1, 0.15) is 33.1 Å². The third-order valence-corrected chi connectivity index (χ3v) is 3.71. The minimum Gasteiger partial charge on any atom is -0.354 e. The van der Waals surface area contributed by atoms with E-state index in [9.17, 15) is 8.42 Å². The highest BCUT2D eigenvalue weighted by Crippen LogP contribution is 2.07. The summed E-state index contributed by atoms with van der Waals surface area (Å²) in [6.07, 6.45) is 5.36. The number of nitrogens with one attached hydrogen (secondary N) is 2. The van der Waals surface area contributed by atoms with Gasteiger partial charge in [-0.3, -0.25) is 0 Å². The molecule has 1 aromatic heterocycles. The maximum atomic E-state index is 11.8. The molecule has 0 amide bonds. The monoisotopic (exact) mass is 272 g/mol. The van der Waals surface area contributed by atoms with Crippen LogP contribution in [0.25, 0.3) is 0 Å². The summed E-state index contributed by atoms with van der Waals surface area (Å²) in [5.74, 6) is 0.448. The van der Waals surface area contributed by atoms with Crippen molar-refractivity contribution >= 4 is 16.0 Å². The average molecular weight is 272 g/mol. The SMILES string of the molecule is CCCCNS(=O)(=O)c1cnc(NCCC)nc1. The molecule has 18 heavy (non-hydrogen) atoms. The fraction of sp³-hybridized carbons (Fsp3) is 0.636. The van der Waals surface area contributed by atoms with Gasteiger partial charge in [0.15, 0.2) is 0 Å². The van der Waals surface area contributed by atoms with Crippen molar-refractivity contribution in [2.75, 3.05) is 18.4 Å². The molecule has 0 aliphatic carbocycles. The molecule has 0 radical (unpaired) electrons. The second-order valence-electron chi connectivity index (χ2n) is 3.92. The molecule has 0 atom stereocenters. The highest BCUT2D eigenvalue weighted by Gasteiger charge is 2.14. The quantitative estimate of drug-likeness (QED) is 0.698. The number of hydrogen-bond acceptors (Lipinski definition) is 5. The predicted octanol–water partition coefficient (Wildman–Crippen LogP) is 1.38. The van der Waals surface area contributed by atoms with Crippen LogP contribution in [0.2, 0.25) is 0 Å². The van der Waals surface area contributed by atoms with Gasteiger partial charge in [-0.15, -0.1) is 0 Å². The molecule has 0 spiro atoms. The van der Waals surface area contributed by atoms with Crippen molar-refractivity contribution in [2.24, 2.45) is 0 Å². The van der Waals surface area contributed by atoms with Crippen molar-refractivity contribution in [3.8, 4) is 0 Å². The topological polar surface area (TPSA) is 84.0 Å². The lowest BCUT2D eigenvalue weighted by Gasteiger charge is -2.06. The second-order valence-corrected chi connectivity index (χ2v) is 5.69. The van der Waals surface area contributed by atoms with Crippen LogP contribution in [0.5, 0.6) is 0 Å². The highest BCUT2D eigenvalue weighted by atomic mass is 32.2. The van der Waals surface area contributed by atoms with E-state index >= 15 is 0 Å². The average Bonchev–Trinajstić information content (AvgIpc) is 2.37. The Morgan fingerprint density at radius 3 is 2.33 bits per heavy atom. The molecule has 0 aromatic carbocycles. The van der Waals surface area contributed by atoms with Gasteiger partial charge in [-0.2, -0.15) is 0 Å². The molecule has 1 heterocycles. The minimum atomic E-state index is -3.47.